The highest BCUT2D eigenvalue weighted by Crippen LogP contribution is 2.05. The fraction of sp³-hybridized carbons (Fsp3) is 0. The van der Waals surface area contributed by atoms with Crippen LogP contribution in [0.2, 0.25) is 0 Å². The molecule has 0 fully saturated rings. The van der Waals surface area contributed by atoms with Gasteiger partial charge in [-0.25, -0.2) is 15.6 Å². The van der Waals surface area contributed by atoms with Gasteiger partial charge in [0.05, 0.1) is 5.97 Å². The Hall–Kier alpha value is -2.15. The Labute approximate surface area is 78.9 Å². The summed E-state index contributed by atoms with van der Waals surface area (Å²) in [7, 11) is 0. The number of urea groups is 1. The van der Waals surface area contributed by atoms with Gasteiger partial charge in [0.1, 0.15) is 5.82 Å². The normalized spacial score (nSPS) is 9.21. The number of pyridine rings is 1. The molecule has 7 nitrogen and oxygen atoms in total. The molecule has 1 heterocycles. The van der Waals surface area contributed by atoms with E-state index < -0.39 is 12.0 Å². The number of hydrogen-bond donors (Lipinski definition) is 3. The summed E-state index contributed by atoms with van der Waals surface area (Å²) >= 11 is 0. The van der Waals surface area contributed by atoms with Crippen LogP contribution in [0.4, 0.5) is 10.6 Å². The molecule has 1 aromatic heterocycles. The van der Waals surface area contributed by atoms with Gasteiger partial charge in [0.2, 0.25) is 0 Å². The Morgan fingerprint density at radius 3 is 2.79 bits per heavy atom. The minimum Gasteiger partial charge on any atom is -0.545 e. The van der Waals surface area contributed by atoms with Crippen molar-refractivity contribution in [2.24, 2.45) is 5.84 Å². The van der Waals surface area contributed by atoms with Gasteiger partial charge in [-0.15, -0.1) is 0 Å². The molecular weight excluding hydrogens is 188 g/mol. The number of hydrazine groups is 1. The van der Waals surface area contributed by atoms with Gasteiger partial charge in [0.25, 0.3) is 0 Å². The van der Waals surface area contributed by atoms with Crippen LogP contribution in [0.15, 0.2) is 18.3 Å². The van der Waals surface area contributed by atoms with Crippen molar-refractivity contribution in [2.45, 2.75) is 0 Å². The van der Waals surface area contributed by atoms with Crippen LogP contribution in [0, 0.1) is 0 Å². The number of aromatic carboxylic acids is 1. The third-order valence-electron chi connectivity index (χ3n) is 1.37. The predicted molar refractivity (Wildman–Crippen MR) is 44.9 cm³/mol. The average Bonchev–Trinajstić information content (AvgIpc) is 2.18. The topological polar surface area (TPSA) is 120 Å². The van der Waals surface area contributed by atoms with Crippen LogP contribution < -0.4 is 21.7 Å². The van der Waals surface area contributed by atoms with Crippen molar-refractivity contribution in [1.29, 1.82) is 0 Å². The van der Waals surface area contributed by atoms with Crippen molar-refractivity contribution in [3.63, 3.8) is 0 Å². The predicted octanol–water partition coefficient (Wildman–Crippen LogP) is -1.56. The number of hydrogen-bond acceptors (Lipinski definition) is 5. The summed E-state index contributed by atoms with van der Waals surface area (Å²) in [5.41, 5.74) is 1.73. The molecule has 74 valence electrons. The van der Waals surface area contributed by atoms with Crippen molar-refractivity contribution in [1.82, 2.24) is 10.4 Å². The van der Waals surface area contributed by atoms with Crippen molar-refractivity contribution < 1.29 is 14.7 Å². The zero-order valence-electron chi connectivity index (χ0n) is 6.98. The van der Waals surface area contributed by atoms with E-state index in [2.05, 4.69) is 10.3 Å². The highest BCUT2D eigenvalue weighted by Gasteiger charge is 2.01. The monoisotopic (exact) mass is 195 g/mol. The minimum atomic E-state index is -1.34. The van der Waals surface area contributed by atoms with Crippen LogP contribution in [0.1, 0.15) is 10.4 Å². The van der Waals surface area contributed by atoms with Crippen LogP contribution in [-0.2, 0) is 0 Å². The summed E-state index contributed by atoms with van der Waals surface area (Å²) < 4.78 is 0. The molecule has 0 aliphatic rings. The first-order valence-electron chi connectivity index (χ1n) is 3.58. The number of amides is 2. The van der Waals surface area contributed by atoms with Crippen LogP contribution in [0.25, 0.3) is 0 Å². The number of nitrogens with zero attached hydrogens (tertiary/aromatic N) is 1. The van der Waals surface area contributed by atoms with E-state index in [1.165, 1.54) is 12.3 Å². The summed E-state index contributed by atoms with van der Waals surface area (Å²) in [6.07, 6.45) is 1.23. The number of anilines is 1. The van der Waals surface area contributed by atoms with Crippen molar-refractivity contribution in [2.75, 3.05) is 5.32 Å². The zero-order valence-corrected chi connectivity index (χ0v) is 6.98. The van der Waals surface area contributed by atoms with E-state index >= 15 is 0 Å². The molecule has 0 radical (unpaired) electrons. The first-order valence-corrected chi connectivity index (χ1v) is 3.58. The number of carbonyl (C=O) groups is 2. The van der Waals surface area contributed by atoms with Crippen LogP contribution in [0.3, 0.4) is 0 Å². The van der Waals surface area contributed by atoms with Gasteiger partial charge in [-0.3, -0.25) is 10.7 Å². The number of nitrogens with two attached hydrogens (primary N) is 1. The molecule has 0 unspecified atom stereocenters. The van der Waals surface area contributed by atoms with Gasteiger partial charge >= 0.3 is 6.03 Å². The molecule has 0 aliphatic heterocycles. The van der Waals surface area contributed by atoms with Gasteiger partial charge in [-0.05, 0) is 12.1 Å². The molecule has 1 rings (SSSR count). The van der Waals surface area contributed by atoms with Crippen LogP contribution in [0.5, 0.6) is 0 Å². The lowest BCUT2D eigenvalue weighted by Gasteiger charge is -2.05. The quantitative estimate of drug-likeness (QED) is 0.299. The number of rotatable bonds is 2. The maximum absolute atomic E-state index is 10.7. The first-order chi connectivity index (χ1) is 6.63. The largest absolute Gasteiger partial charge is 0.545 e. The molecule has 4 N–H and O–H groups in total. The summed E-state index contributed by atoms with van der Waals surface area (Å²) in [5, 5.41) is 12.6. The number of carbonyl (C=O) groups excluding carboxylic acids is 2. The smallest absolute Gasteiger partial charge is 0.334 e. The maximum atomic E-state index is 10.7. The summed E-state index contributed by atoms with van der Waals surface area (Å²) in [4.78, 5) is 24.8. The molecule has 0 aliphatic carbocycles. The van der Waals surface area contributed by atoms with Crippen molar-refractivity contribution >= 4 is 17.8 Å². The number of aromatic nitrogens is 1. The van der Waals surface area contributed by atoms with E-state index in [9.17, 15) is 14.7 Å². The second-order valence-electron chi connectivity index (χ2n) is 2.32. The Kier molecular flexibility index (Phi) is 2.97. The Morgan fingerprint density at radius 2 is 2.21 bits per heavy atom. The molecule has 0 atom stereocenters. The van der Waals surface area contributed by atoms with E-state index in [0.717, 1.165) is 6.07 Å². The SMILES string of the molecule is NNC(=O)Nc1cc(C(=O)[O-])ccn1. The Morgan fingerprint density at radius 1 is 1.50 bits per heavy atom. The van der Waals surface area contributed by atoms with Gasteiger partial charge in [0.15, 0.2) is 0 Å². The highest BCUT2D eigenvalue weighted by molar-refractivity contribution is 5.90. The van der Waals surface area contributed by atoms with Crippen molar-refractivity contribution in [3.05, 3.63) is 23.9 Å². The average molecular weight is 195 g/mol. The number of carboxylic acid groups (broad SMARTS) is 1. The highest BCUT2D eigenvalue weighted by atomic mass is 16.4. The van der Waals surface area contributed by atoms with Crippen LogP contribution in [-0.4, -0.2) is 17.0 Å². The van der Waals surface area contributed by atoms with E-state index in [1.54, 1.807) is 0 Å². The molecular formula is C7H7N4O3-. The minimum absolute atomic E-state index is 0.0766. The first kappa shape index (κ1) is 9.93. The van der Waals surface area contributed by atoms with E-state index in [4.69, 9.17) is 5.84 Å². The lowest BCUT2D eigenvalue weighted by atomic mass is 10.2. The van der Waals surface area contributed by atoms with Gasteiger partial charge < -0.3 is 9.90 Å². The number of nitrogens with one attached hydrogen (secondary N) is 2. The van der Waals surface area contributed by atoms with E-state index in [1.807, 2.05) is 5.43 Å². The molecule has 0 bridgehead atoms. The van der Waals surface area contributed by atoms with Gasteiger partial charge in [0, 0.05) is 11.8 Å². The van der Waals surface area contributed by atoms with E-state index in [0.29, 0.717) is 0 Å². The maximum Gasteiger partial charge on any atom is 0.334 e. The van der Waals surface area contributed by atoms with E-state index in [-0.39, 0.29) is 11.4 Å². The third kappa shape index (κ3) is 2.42. The molecule has 14 heavy (non-hydrogen) atoms. The standard InChI is InChI=1S/C7H8N4O3/c8-11-7(14)10-5-3-4(6(12)13)1-2-9-5/h1-3H,8H2,(H,12,13)(H2,9,10,11,14)/p-1. The Bertz CT molecular complexity index is 366. The summed E-state index contributed by atoms with van der Waals surface area (Å²) in [5.74, 6) is 3.53. The van der Waals surface area contributed by atoms with Gasteiger partial charge in [-0.1, -0.05) is 0 Å². The number of carboxylic acids is 1. The van der Waals surface area contributed by atoms with Crippen LogP contribution >= 0.6 is 0 Å². The molecule has 2 amide bonds. The fourth-order valence-corrected chi connectivity index (χ4v) is 0.778. The van der Waals surface area contributed by atoms with Crippen molar-refractivity contribution in [3.8, 4) is 0 Å². The molecule has 7 heteroatoms. The molecule has 1 aromatic rings. The fourth-order valence-electron chi connectivity index (χ4n) is 0.778. The second kappa shape index (κ2) is 4.19. The summed E-state index contributed by atoms with van der Waals surface area (Å²) in [6, 6.07) is 1.72. The summed E-state index contributed by atoms with van der Waals surface area (Å²) in [6.45, 7) is 0. The molecule has 0 aromatic carbocycles. The molecule has 0 saturated heterocycles. The lowest BCUT2D eigenvalue weighted by molar-refractivity contribution is -0.255. The second-order valence-corrected chi connectivity index (χ2v) is 2.32. The molecule has 0 saturated carbocycles. The zero-order chi connectivity index (χ0) is 10.6. The Balaban J connectivity index is 2.83. The lowest BCUT2D eigenvalue weighted by Crippen LogP contribution is -2.34. The third-order valence-corrected chi connectivity index (χ3v) is 1.37. The molecule has 0 spiro atoms. The van der Waals surface area contributed by atoms with Gasteiger partial charge in [-0.2, -0.15) is 0 Å².